The molecule has 0 unspecified atom stereocenters. The van der Waals surface area contributed by atoms with Crippen LogP contribution in [0.2, 0.25) is 0 Å². The van der Waals surface area contributed by atoms with Crippen LogP contribution in [0.5, 0.6) is 5.75 Å². The second-order valence-electron chi connectivity index (χ2n) is 7.66. The van der Waals surface area contributed by atoms with Crippen LogP contribution in [-0.4, -0.2) is 53.3 Å². The summed E-state index contributed by atoms with van der Waals surface area (Å²) in [7, 11) is 1.53. The number of carbonyl (C=O) groups is 4. The monoisotopic (exact) mass is 464 g/mol. The molecule has 34 heavy (non-hydrogen) atoms. The molecule has 1 saturated heterocycles. The minimum absolute atomic E-state index is 0.122. The van der Waals surface area contributed by atoms with Gasteiger partial charge in [0.25, 0.3) is 5.78 Å². The first-order valence-corrected chi connectivity index (χ1v) is 10.6. The maximum Gasteiger partial charge on any atom is 0.441 e. The third-order valence-electron chi connectivity index (χ3n) is 5.31. The molecule has 0 radical (unpaired) electrons. The number of benzene rings is 2. The van der Waals surface area contributed by atoms with Gasteiger partial charge in [-0.05, 0) is 29.7 Å². The molecule has 10 heteroatoms. The topological polar surface area (TPSA) is 147 Å². The molecule has 10 nitrogen and oxygen atoms in total. The largest absolute Gasteiger partial charge is 0.497 e. The quantitative estimate of drug-likeness (QED) is 0.127. The van der Waals surface area contributed by atoms with E-state index in [-0.39, 0.29) is 37.7 Å². The van der Waals surface area contributed by atoms with Crippen molar-refractivity contribution >= 4 is 29.3 Å². The molecule has 0 aliphatic carbocycles. The van der Waals surface area contributed by atoms with Gasteiger partial charge in [-0.1, -0.05) is 42.5 Å². The fraction of sp³-hybridized carbons (Fsp3) is 0.292. The van der Waals surface area contributed by atoms with Crippen LogP contribution in [0, 0.1) is 0 Å². The van der Waals surface area contributed by atoms with E-state index in [4.69, 9.17) is 15.0 Å². The van der Waals surface area contributed by atoms with E-state index in [2.05, 4.69) is 15.4 Å². The van der Waals surface area contributed by atoms with Crippen molar-refractivity contribution in [1.29, 1.82) is 0 Å². The summed E-state index contributed by atoms with van der Waals surface area (Å²) in [5.74, 6) is -1.83. The standard InChI is InChI=1S/C24H24N4O6/c1-33-17-9-7-16(8-10-17)14-34-24(32)22(28-25)19(29)12-11-18-21(23(31)26-18)27-20(30)13-15-5-3-2-4-6-15/h2-10,18,21H,11-14H2,1H3,(H,26,31)(H,27,30)/t18-,21+/m1/s1. The predicted octanol–water partition coefficient (Wildman–Crippen LogP) is 0.984. The Bertz CT molecular complexity index is 1110. The summed E-state index contributed by atoms with van der Waals surface area (Å²) >= 11 is 0. The highest BCUT2D eigenvalue weighted by Gasteiger charge is 2.41. The molecule has 0 bridgehead atoms. The van der Waals surface area contributed by atoms with Crippen LogP contribution in [0.4, 0.5) is 0 Å². The number of hydrogen-bond donors (Lipinski definition) is 2. The van der Waals surface area contributed by atoms with Gasteiger partial charge in [-0.15, -0.1) is 0 Å². The van der Waals surface area contributed by atoms with E-state index in [1.54, 1.807) is 36.4 Å². The third-order valence-corrected chi connectivity index (χ3v) is 5.31. The predicted molar refractivity (Wildman–Crippen MR) is 120 cm³/mol. The van der Waals surface area contributed by atoms with Crippen molar-refractivity contribution in [2.45, 2.75) is 38.0 Å². The molecule has 2 amide bonds. The molecule has 1 fully saturated rings. The first-order valence-electron chi connectivity index (χ1n) is 10.6. The van der Waals surface area contributed by atoms with Crippen molar-refractivity contribution < 1.29 is 33.4 Å². The Labute approximate surface area is 195 Å². The van der Waals surface area contributed by atoms with Crippen LogP contribution in [-0.2, 0) is 36.9 Å². The van der Waals surface area contributed by atoms with Gasteiger partial charge in [-0.2, -0.15) is 4.79 Å². The van der Waals surface area contributed by atoms with E-state index in [1.807, 2.05) is 18.2 Å². The van der Waals surface area contributed by atoms with E-state index in [0.717, 1.165) is 5.56 Å². The third kappa shape index (κ3) is 6.36. The number of Topliss-reactive ketones (excluding diaryl/α,β-unsaturated/α-hetero) is 1. The maximum absolute atomic E-state index is 12.4. The summed E-state index contributed by atoms with van der Waals surface area (Å²) < 4.78 is 10.1. The molecular formula is C24H24N4O6. The molecular weight excluding hydrogens is 440 g/mol. The molecule has 2 aromatic rings. The number of hydrogen-bond acceptors (Lipinski definition) is 6. The van der Waals surface area contributed by atoms with Gasteiger partial charge in [-0.3, -0.25) is 14.4 Å². The second kappa shape index (κ2) is 11.5. The Hall–Kier alpha value is -4.30. The van der Waals surface area contributed by atoms with E-state index < -0.39 is 29.5 Å². The zero-order valence-electron chi connectivity index (χ0n) is 18.5. The van der Waals surface area contributed by atoms with Crippen LogP contribution in [0.3, 0.4) is 0 Å². The smallest absolute Gasteiger partial charge is 0.441 e. The molecule has 3 rings (SSSR count). The van der Waals surface area contributed by atoms with E-state index in [0.29, 0.717) is 11.3 Å². The number of amides is 2. The maximum atomic E-state index is 12.4. The molecule has 2 aromatic carbocycles. The van der Waals surface area contributed by atoms with Gasteiger partial charge >= 0.3 is 11.7 Å². The summed E-state index contributed by atoms with van der Waals surface area (Å²) in [5, 5.41) is 5.28. The molecule has 1 heterocycles. The molecule has 0 aromatic heterocycles. The molecule has 2 atom stereocenters. The summed E-state index contributed by atoms with van der Waals surface area (Å²) in [5.41, 5.74) is 9.88. The first kappa shape index (κ1) is 24.3. The van der Waals surface area contributed by atoms with Gasteiger partial charge in [0.15, 0.2) is 0 Å². The van der Waals surface area contributed by atoms with Crippen molar-refractivity contribution in [1.82, 2.24) is 10.6 Å². The summed E-state index contributed by atoms with van der Waals surface area (Å²) in [4.78, 5) is 51.5. The highest BCUT2D eigenvalue weighted by Crippen LogP contribution is 2.15. The Kier molecular flexibility index (Phi) is 8.26. The number of methoxy groups -OCH3 is 1. The minimum atomic E-state index is -1.06. The average Bonchev–Trinajstić information content (AvgIpc) is 2.85. The SMILES string of the molecule is COc1ccc(COC(=O)C(=[N+]=[N-])C(=O)CC[C@H]2NC(=O)[C@H]2NC(=O)Cc2ccccc2)cc1. The fourth-order valence-corrected chi connectivity index (χ4v) is 3.41. The van der Waals surface area contributed by atoms with Crippen LogP contribution in [0.25, 0.3) is 5.53 Å². The van der Waals surface area contributed by atoms with Crippen LogP contribution >= 0.6 is 0 Å². The number of nitrogens with one attached hydrogen (secondary N) is 2. The van der Waals surface area contributed by atoms with Gasteiger partial charge in [-0.25, -0.2) is 4.79 Å². The lowest BCUT2D eigenvalue weighted by molar-refractivity contribution is -0.143. The number of nitrogens with zero attached hydrogens (tertiary/aromatic N) is 2. The minimum Gasteiger partial charge on any atom is -0.497 e. The molecule has 2 N–H and O–H groups in total. The van der Waals surface area contributed by atoms with Crippen molar-refractivity contribution in [3.8, 4) is 5.75 Å². The summed E-state index contributed by atoms with van der Waals surface area (Å²) in [6.45, 7) is -0.122. The zero-order valence-corrected chi connectivity index (χ0v) is 18.5. The van der Waals surface area contributed by atoms with Crippen molar-refractivity contribution in [3.05, 3.63) is 71.3 Å². The highest BCUT2D eigenvalue weighted by atomic mass is 16.5. The van der Waals surface area contributed by atoms with E-state index in [9.17, 15) is 19.2 Å². The molecule has 1 aliphatic heterocycles. The Morgan fingerprint density at radius 3 is 2.38 bits per heavy atom. The summed E-state index contributed by atoms with van der Waals surface area (Å²) in [6, 6.07) is 14.6. The number of ether oxygens (including phenoxy) is 2. The summed E-state index contributed by atoms with van der Waals surface area (Å²) in [6.07, 6.45) is 0.0797. The van der Waals surface area contributed by atoms with Gasteiger partial charge < -0.3 is 25.6 Å². The molecule has 0 saturated carbocycles. The number of esters is 1. The normalized spacial score (nSPS) is 16.3. The Balaban J connectivity index is 1.46. The Morgan fingerprint density at radius 1 is 1.06 bits per heavy atom. The lowest BCUT2D eigenvalue weighted by Crippen LogP contribution is -2.69. The average molecular weight is 464 g/mol. The molecule has 1 aliphatic rings. The number of rotatable bonds is 11. The van der Waals surface area contributed by atoms with Crippen LogP contribution in [0.15, 0.2) is 54.6 Å². The molecule has 176 valence electrons. The lowest BCUT2D eigenvalue weighted by Gasteiger charge is -2.37. The van der Waals surface area contributed by atoms with Crippen molar-refractivity contribution in [3.63, 3.8) is 0 Å². The Morgan fingerprint density at radius 2 is 1.76 bits per heavy atom. The molecule has 0 spiro atoms. The fourth-order valence-electron chi connectivity index (χ4n) is 3.41. The van der Waals surface area contributed by atoms with Crippen LogP contribution in [0.1, 0.15) is 24.0 Å². The zero-order chi connectivity index (χ0) is 24.5. The first-order chi connectivity index (χ1) is 16.4. The number of β-lactam (4-membered cyclic amide) rings is 1. The second-order valence-corrected chi connectivity index (χ2v) is 7.66. The van der Waals surface area contributed by atoms with E-state index >= 15 is 0 Å². The van der Waals surface area contributed by atoms with Gasteiger partial charge in [0.05, 0.1) is 19.6 Å². The highest BCUT2D eigenvalue weighted by molar-refractivity contribution is 6.62. The number of carbonyl (C=O) groups excluding carboxylic acids is 4. The van der Waals surface area contributed by atoms with Crippen LogP contribution < -0.4 is 15.4 Å². The van der Waals surface area contributed by atoms with Crippen molar-refractivity contribution in [2.75, 3.05) is 7.11 Å². The van der Waals surface area contributed by atoms with E-state index in [1.165, 1.54) is 7.11 Å². The van der Waals surface area contributed by atoms with Gasteiger partial charge in [0.1, 0.15) is 18.4 Å². The van der Waals surface area contributed by atoms with Crippen molar-refractivity contribution in [2.24, 2.45) is 0 Å². The lowest BCUT2D eigenvalue weighted by atomic mass is 9.92. The number of ketones is 1. The van der Waals surface area contributed by atoms with Gasteiger partial charge in [0, 0.05) is 6.42 Å². The van der Waals surface area contributed by atoms with Gasteiger partial charge in [0.2, 0.25) is 11.8 Å².